The summed E-state index contributed by atoms with van der Waals surface area (Å²) in [5, 5.41) is 13.6. The van der Waals surface area contributed by atoms with Crippen molar-refractivity contribution in [3.05, 3.63) is 11.7 Å². The lowest BCUT2D eigenvalue weighted by atomic mass is 9.85. The van der Waals surface area contributed by atoms with Crippen LogP contribution in [0.4, 0.5) is 0 Å². The highest BCUT2D eigenvalue weighted by molar-refractivity contribution is 5.85. The first-order valence-corrected chi connectivity index (χ1v) is 9.38. The predicted octanol–water partition coefficient (Wildman–Crippen LogP) is 3.44. The molecule has 26 heavy (non-hydrogen) atoms. The van der Waals surface area contributed by atoms with Gasteiger partial charge in [0.05, 0.1) is 6.54 Å². The van der Waals surface area contributed by atoms with E-state index in [2.05, 4.69) is 28.9 Å². The minimum Gasteiger partial charge on any atom is -0.480 e. The van der Waals surface area contributed by atoms with Crippen molar-refractivity contribution >= 4 is 18.4 Å². The Kier molecular flexibility index (Phi) is 7.43. The molecule has 1 aromatic heterocycles. The van der Waals surface area contributed by atoms with Crippen LogP contribution in [0.5, 0.6) is 0 Å². The summed E-state index contributed by atoms with van der Waals surface area (Å²) in [6, 6.07) is -0.127. The van der Waals surface area contributed by atoms with Gasteiger partial charge >= 0.3 is 5.97 Å². The second-order valence-electron chi connectivity index (χ2n) is 7.79. The average molecular weight is 388 g/mol. The first-order valence-electron chi connectivity index (χ1n) is 9.38. The molecule has 1 N–H and O–H groups in total. The van der Waals surface area contributed by atoms with Gasteiger partial charge in [0.15, 0.2) is 5.82 Å². The van der Waals surface area contributed by atoms with Gasteiger partial charge < -0.3 is 14.4 Å². The van der Waals surface area contributed by atoms with Crippen LogP contribution in [0.25, 0.3) is 0 Å². The highest BCUT2D eigenvalue weighted by Gasteiger charge is 2.45. The molecule has 3 rings (SSSR count). The van der Waals surface area contributed by atoms with Crippen LogP contribution in [-0.2, 0) is 16.1 Å². The molecule has 2 heterocycles. The molecule has 0 aromatic carbocycles. The van der Waals surface area contributed by atoms with Gasteiger partial charge in [-0.2, -0.15) is 4.98 Å². The maximum absolute atomic E-state index is 11.7. The first kappa shape index (κ1) is 21.1. The minimum atomic E-state index is -0.747. The fraction of sp³-hybridized carbons (Fsp3) is 0.833. The Morgan fingerprint density at radius 1 is 1.35 bits per heavy atom. The molecule has 4 unspecified atom stereocenters. The Balaban J connectivity index is 0.00000243. The minimum absolute atomic E-state index is 0. The number of carbonyl (C=O) groups is 1. The molecule has 0 radical (unpaired) electrons. The van der Waals surface area contributed by atoms with Gasteiger partial charge in [0.25, 0.3) is 0 Å². The summed E-state index contributed by atoms with van der Waals surface area (Å²) in [5.41, 5.74) is 0. The van der Waals surface area contributed by atoms with Crippen molar-refractivity contribution in [2.45, 2.75) is 77.6 Å². The van der Waals surface area contributed by atoms with E-state index in [0.29, 0.717) is 42.7 Å². The van der Waals surface area contributed by atoms with Gasteiger partial charge in [-0.15, -0.1) is 12.4 Å². The number of hydrogen-bond donors (Lipinski definition) is 1. The topological polar surface area (TPSA) is 88.7 Å². The standard InChI is InChI=1S/C18H29N3O4.ClH/c1-11(2)10-24-12(3)17-19-16(25-20-17)9-21-14-7-5-4-6-13(14)8-15(21)18(22)23;/h11-15H,4-10H2,1-3H3,(H,22,23);1H. The molecular weight excluding hydrogens is 358 g/mol. The number of aromatic nitrogens is 2. The molecule has 1 saturated carbocycles. The number of hydrogen-bond acceptors (Lipinski definition) is 6. The van der Waals surface area contributed by atoms with E-state index in [-0.39, 0.29) is 18.5 Å². The van der Waals surface area contributed by atoms with Gasteiger partial charge in [0, 0.05) is 12.6 Å². The number of carboxylic acid groups (broad SMARTS) is 1. The lowest BCUT2D eigenvalue weighted by molar-refractivity contribution is -0.143. The molecule has 1 aliphatic heterocycles. The number of fused-ring (bicyclic) bond motifs is 1. The second kappa shape index (κ2) is 9.15. The zero-order valence-corrected chi connectivity index (χ0v) is 16.6. The zero-order valence-electron chi connectivity index (χ0n) is 15.8. The van der Waals surface area contributed by atoms with E-state index in [9.17, 15) is 9.90 Å². The number of rotatable bonds is 7. The van der Waals surface area contributed by atoms with Crippen molar-refractivity contribution < 1.29 is 19.2 Å². The van der Waals surface area contributed by atoms with Crippen LogP contribution < -0.4 is 0 Å². The van der Waals surface area contributed by atoms with E-state index in [4.69, 9.17) is 9.26 Å². The third-order valence-corrected chi connectivity index (χ3v) is 5.35. The summed E-state index contributed by atoms with van der Waals surface area (Å²) >= 11 is 0. The number of halogens is 1. The van der Waals surface area contributed by atoms with Crippen molar-refractivity contribution in [3.8, 4) is 0 Å². The zero-order chi connectivity index (χ0) is 18.0. The second-order valence-corrected chi connectivity index (χ2v) is 7.79. The predicted molar refractivity (Wildman–Crippen MR) is 98.1 cm³/mol. The van der Waals surface area contributed by atoms with Crippen molar-refractivity contribution in [3.63, 3.8) is 0 Å². The number of likely N-dealkylation sites (tertiary alicyclic amines) is 1. The maximum atomic E-state index is 11.7. The molecule has 2 fully saturated rings. The number of ether oxygens (including phenoxy) is 1. The molecule has 2 aliphatic rings. The smallest absolute Gasteiger partial charge is 0.320 e. The quantitative estimate of drug-likeness (QED) is 0.766. The SMILES string of the molecule is CC(C)COC(C)c1noc(CN2C(C(=O)O)CC3CCCCC32)n1.Cl. The van der Waals surface area contributed by atoms with Crippen LogP contribution in [0.15, 0.2) is 4.52 Å². The van der Waals surface area contributed by atoms with Crippen LogP contribution >= 0.6 is 12.4 Å². The van der Waals surface area contributed by atoms with Crippen LogP contribution in [0, 0.1) is 11.8 Å². The average Bonchev–Trinajstić information content (AvgIpc) is 3.18. The van der Waals surface area contributed by atoms with E-state index in [1.807, 2.05) is 6.92 Å². The number of nitrogens with zero attached hydrogens (tertiary/aromatic N) is 3. The van der Waals surface area contributed by atoms with Crippen molar-refractivity contribution in [1.82, 2.24) is 15.0 Å². The fourth-order valence-corrected chi connectivity index (χ4v) is 4.09. The highest BCUT2D eigenvalue weighted by atomic mass is 35.5. The summed E-state index contributed by atoms with van der Waals surface area (Å²) in [6.45, 7) is 7.14. The Hall–Kier alpha value is -1.18. The van der Waals surface area contributed by atoms with Crippen LogP contribution in [0.2, 0.25) is 0 Å². The highest BCUT2D eigenvalue weighted by Crippen LogP contribution is 2.40. The summed E-state index contributed by atoms with van der Waals surface area (Å²) in [4.78, 5) is 18.2. The Labute approximate surface area is 160 Å². The monoisotopic (exact) mass is 387 g/mol. The molecule has 1 saturated heterocycles. The van der Waals surface area contributed by atoms with Crippen molar-refractivity contribution in [2.75, 3.05) is 6.61 Å². The summed E-state index contributed by atoms with van der Waals surface area (Å²) in [7, 11) is 0. The van der Waals surface area contributed by atoms with E-state index < -0.39 is 12.0 Å². The Morgan fingerprint density at radius 3 is 2.77 bits per heavy atom. The molecule has 0 bridgehead atoms. The summed E-state index contributed by atoms with van der Waals surface area (Å²) in [5.74, 6) is 1.18. The lowest BCUT2D eigenvalue weighted by Crippen LogP contribution is -2.41. The molecular formula is C18H30ClN3O4. The fourth-order valence-electron chi connectivity index (χ4n) is 4.09. The molecule has 0 amide bonds. The third-order valence-electron chi connectivity index (χ3n) is 5.35. The van der Waals surface area contributed by atoms with E-state index in [1.165, 1.54) is 12.8 Å². The molecule has 148 valence electrons. The molecule has 1 aromatic rings. The molecule has 7 nitrogen and oxygen atoms in total. The molecule has 8 heteroatoms. The van der Waals surface area contributed by atoms with Gasteiger partial charge in [-0.05, 0) is 38.0 Å². The largest absolute Gasteiger partial charge is 0.480 e. The van der Waals surface area contributed by atoms with Gasteiger partial charge in [0.2, 0.25) is 5.89 Å². The summed E-state index contributed by atoms with van der Waals surface area (Å²) in [6.07, 6.45) is 5.06. The third kappa shape index (κ3) is 4.75. The van der Waals surface area contributed by atoms with Gasteiger partial charge in [0.1, 0.15) is 12.1 Å². The van der Waals surface area contributed by atoms with Crippen LogP contribution in [-0.4, -0.2) is 44.8 Å². The first-order chi connectivity index (χ1) is 12.0. The molecule has 4 atom stereocenters. The summed E-state index contributed by atoms with van der Waals surface area (Å²) < 4.78 is 11.1. The molecule has 0 spiro atoms. The lowest BCUT2D eigenvalue weighted by Gasteiger charge is -2.31. The Morgan fingerprint density at radius 2 is 2.08 bits per heavy atom. The maximum Gasteiger partial charge on any atom is 0.320 e. The van der Waals surface area contributed by atoms with E-state index >= 15 is 0 Å². The van der Waals surface area contributed by atoms with Crippen LogP contribution in [0.1, 0.15) is 70.7 Å². The normalized spacial score (nSPS) is 27.2. The van der Waals surface area contributed by atoms with Crippen molar-refractivity contribution in [2.24, 2.45) is 11.8 Å². The molecule has 1 aliphatic carbocycles. The van der Waals surface area contributed by atoms with E-state index in [0.717, 1.165) is 19.3 Å². The van der Waals surface area contributed by atoms with Gasteiger partial charge in [-0.25, -0.2) is 0 Å². The van der Waals surface area contributed by atoms with Gasteiger partial charge in [-0.3, -0.25) is 9.69 Å². The van der Waals surface area contributed by atoms with E-state index in [1.54, 1.807) is 0 Å². The Bertz CT molecular complexity index is 595. The number of carboxylic acids is 1. The van der Waals surface area contributed by atoms with Crippen molar-refractivity contribution in [1.29, 1.82) is 0 Å². The number of aliphatic carboxylic acids is 1. The van der Waals surface area contributed by atoms with Gasteiger partial charge in [-0.1, -0.05) is 31.8 Å². The van der Waals surface area contributed by atoms with Crippen LogP contribution in [0.3, 0.4) is 0 Å².